The molecule has 0 aliphatic heterocycles. The number of ether oxygens (including phenoxy) is 1. The van der Waals surface area contributed by atoms with Crippen LogP contribution in [0.25, 0.3) is 0 Å². The summed E-state index contributed by atoms with van der Waals surface area (Å²) in [5, 5.41) is 0. The first-order chi connectivity index (χ1) is 8.47. The number of methoxy groups -OCH3 is 1. The van der Waals surface area contributed by atoms with Crippen LogP contribution in [-0.4, -0.2) is 37.1 Å². The number of hydrogen-bond donors (Lipinski definition) is 0. The summed E-state index contributed by atoms with van der Waals surface area (Å²) in [5.41, 5.74) is 0.466. The van der Waals surface area contributed by atoms with E-state index < -0.39 is 0 Å². The molecule has 1 aromatic carbocycles. The van der Waals surface area contributed by atoms with E-state index in [9.17, 15) is 9.18 Å². The van der Waals surface area contributed by atoms with E-state index in [0.29, 0.717) is 23.2 Å². The molecule has 0 aliphatic rings. The van der Waals surface area contributed by atoms with E-state index in [2.05, 4.69) is 15.9 Å². The number of hydrogen-bond acceptors (Lipinski definition) is 2. The van der Waals surface area contributed by atoms with Crippen LogP contribution in [0.1, 0.15) is 24.2 Å². The highest BCUT2D eigenvalue weighted by molar-refractivity contribution is 9.10. The van der Waals surface area contributed by atoms with Gasteiger partial charge in [0, 0.05) is 25.3 Å². The molecule has 1 aromatic rings. The highest BCUT2D eigenvalue weighted by atomic mass is 79.9. The van der Waals surface area contributed by atoms with Gasteiger partial charge in [0.2, 0.25) is 0 Å². The van der Waals surface area contributed by atoms with Crippen LogP contribution in [0.2, 0.25) is 0 Å². The van der Waals surface area contributed by atoms with E-state index in [1.165, 1.54) is 18.2 Å². The monoisotopic (exact) mass is 317 g/mol. The van der Waals surface area contributed by atoms with Gasteiger partial charge in [-0.1, -0.05) is 0 Å². The lowest BCUT2D eigenvalue weighted by atomic mass is 10.1. The van der Waals surface area contributed by atoms with Crippen molar-refractivity contribution in [2.75, 3.05) is 20.3 Å². The molecule has 0 N–H and O–H groups in total. The molecule has 0 atom stereocenters. The number of halogens is 2. The van der Waals surface area contributed by atoms with Gasteiger partial charge in [-0.25, -0.2) is 4.39 Å². The Morgan fingerprint density at radius 1 is 1.50 bits per heavy atom. The Morgan fingerprint density at radius 2 is 2.17 bits per heavy atom. The maximum absolute atomic E-state index is 13.1. The van der Waals surface area contributed by atoms with Gasteiger partial charge in [-0.3, -0.25) is 4.79 Å². The third-order valence-corrected chi connectivity index (χ3v) is 3.19. The Labute approximate surface area is 115 Å². The SMILES string of the molecule is COCCN(C(=O)c1ccc(F)c(Br)c1)C(C)C. The summed E-state index contributed by atoms with van der Waals surface area (Å²) in [6, 6.07) is 4.34. The minimum absolute atomic E-state index is 0.0662. The molecule has 1 rings (SSSR count). The van der Waals surface area contributed by atoms with E-state index in [1.807, 2.05) is 13.8 Å². The first kappa shape index (κ1) is 15.1. The number of amides is 1. The lowest BCUT2D eigenvalue weighted by Crippen LogP contribution is -2.39. The zero-order chi connectivity index (χ0) is 13.7. The maximum Gasteiger partial charge on any atom is 0.254 e. The molecule has 0 aromatic heterocycles. The van der Waals surface area contributed by atoms with Gasteiger partial charge in [-0.2, -0.15) is 0 Å². The van der Waals surface area contributed by atoms with Gasteiger partial charge in [0.25, 0.3) is 5.91 Å². The second-order valence-electron chi connectivity index (χ2n) is 4.21. The van der Waals surface area contributed by atoms with Crippen molar-refractivity contribution in [2.24, 2.45) is 0 Å². The van der Waals surface area contributed by atoms with Crippen molar-refractivity contribution in [1.82, 2.24) is 4.90 Å². The first-order valence-corrected chi connectivity index (χ1v) is 6.51. The molecule has 0 radical (unpaired) electrons. The standard InChI is InChI=1S/C13H17BrFNO2/c1-9(2)16(6-7-18-3)13(17)10-4-5-12(15)11(14)8-10/h4-5,8-9H,6-7H2,1-3H3. The Kier molecular flexibility index (Phi) is 5.75. The van der Waals surface area contributed by atoms with Crippen molar-refractivity contribution in [1.29, 1.82) is 0 Å². The normalized spacial score (nSPS) is 10.8. The van der Waals surface area contributed by atoms with Crippen LogP contribution >= 0.6 is 15.9 Å². The summed E-state index contributed by atoms with van der Waals surface area (Å²) in [6.07, 6.45) is 0. The molecular formula is C13H17BrFNO2. The molecule has 0 bridgehead atoms. The molecule has 0 saturated heterocycles. The Morgan fingerprint density at radius 3 is 2.67 bits per heavy atom. The Balaban J connectivity index is 2.91. The summed E-state index contributed by atoms with van der Waals surface area (Å²) in [4.78, 5) is 14.0. The fourth-order valence-corrected chi connectivity index (χ4v) is 1.96. The molecule has 1 amide bonds. The average Bonchev–Trinajstić information content (AvgIpc) is 2.32. The van der Waals surface area contributed by atoms with Gasteiger partial charge in [-0.15, -0.1) is 0 Å². The number of benzene rings is 1. The van der Waals surface area contributed by atoms with Crippen LogP contribution < -0.4 is 0 Å². The highest BCUT2D eigenvalue weighted by Gasteiger charge is 2.19. The summed E-state index contributed by atoms with van der Waals surface area (Å²) in [7, 11) is 1.59. The van der Waals surface area contributed by atoms with Crippen molar-refractivity contribution < 1.29 is 13.9 Å². The van der Waals surface area contributed by atoms with Gasteiger partial charge < -0.3 is 9.64 Å². The van der Waals surface area contributed by atoms with Crippen LogP contribution in [0, 0.1) is 5.82 Å². The van der Waals surface area contributed by atoms with Gasteiger partial charge >= 0.3 is 0 Å². The predicted octanol–water partition coefficient (Wildman–Crippen LogP) is 3.09. The predicted molar refractivity (Wildman–Crippen MR) is 72.1 cm³/mol. The topological polar surface area (TPSA) is 29.5 Å². The molecule has 0 aliphatic carbocycles. The van der Waals surface area contributed by atoms with Crippen molar-refractivity contribution in [3.8, 4) is 0 Å². The fraction of sp³-hybridized carbons (Fsp3) is 0.462. The third-order valence-electron chi connectivity index (χ3n) is 2.59. The van der Waals surface area contributed by atoms with Crippen LogP contribution in [0.15, 0.2) is 22.7 Å². The van der Waals surface area contributed by atoms with Crippen LogP contribution in [0.3, 0.4) is 0 Å². The average molecular weight is 318 g/mol. The molecule has 18 heavy (non-hydrogen) atoms. The number of rotatable bonds is 5. The fourth-order valence-electron chi connectivity index (χ4n) is 1.58. The van der Waals surface area contributed by atoms with Crippen molar-refractivity contribution in [3.05, 3.63) is 34.1 Å². The van der Waals surface area contributed by atoms with Crippen molar-refractivity contribution in [3.63, 3.8) is 0 Å². The molecule has 5 heteroatoms. The Bertz CT molecular complexity index is 423. The van der Waals surface area contributed by atoms with Gasteiger partial charge in [0.15, 0.2) is 0 Å². The van der Waals surface area contributed by atoms with E-state index >= 15 is 0 Å². The quantitative estimate of drug-likeness (QED) is 0.835. The lowest BCUT2D eigenvalue weighted by Gasteiger charge is -2.26. The van der Waals surface area contributed by atoms with Crippen molar-refractivity contribution >= 4 is 21.8 Å². The van der Waals surface area contributed by atoms with E-state index in [0.717, 1.165) is 0 Å². The molecule has 3 nitrogen and oxygen atoms in total. The highest BCUT2D eigenvalue weighted by Crippen LogP contribution is 2.18. The molecule has 100 valence electrons. The second kappa shape index (κ2) is 6.85. The number of carbonyl (C=O) groups is 1. The van der Waals surface area contributed by atoms with Gasteiger partial charge in [-0.05, 0) is 48.0 Å². The molecule has 0 heterocycles. The van der Waals surface area contributed by atoms with Crippen LogP contribution in [-0.2, 0) is 4.74 Å². The molecule has 0 unspecified atom stereocenters. The first-order valence-electron chi connectivity index (χ1n) is 5.72. The minimum Gasteiger partial charge on any atom is -0.383 e. The molecular weight excluding hydrogens is 301 g/mol. The Hall–Kier alpha value is -0.940. The zero-order valence-electron chi connectivity index (χ0n) is 10.7. The lowest BCUT2D eigenvalue weighted by molar-refractivity contribution is 0.0635. The largest absolute Gasteiger partial charge is 0.383 e. The smallest absolute Gasteiger partial charge is 0.254 e. The zero-order valence-corrected chi connectivity index (χ0v) is 12.3. The summed E-state index contributed by atoms with van der Waals surface area (Å²) in [5.74, 6) is -0.498. The van der Waals surface area contributed by atoms with Gasteiger partial charge in [0.1, 0.15) is 5.82 Å². The second-order valence-corrected chi connectivity index (χ2v) is 5.07. The van der Waals surface area contributed by atoms with Crippen LogP contribution in [0.4, 0.5) is 4.39 Å². The van der Waals surface area contributed by atoms with E-state index in [-0.39, 0.29) is 17.8 Å². The maximum atomic E-state index is 13.1. The third kappa shape index (κ3) is 3.78. The molecule has 0 saturated carbocycles. The summed E-state index contributed by atoms with van der Waals surface area (Å²) >= 11 is 3.08. The van der Waals surface area contributed by atoms with E-state index in [4.69, 9.17) is 4.74 Å². The number of carbonyl (C=O) groups excluding carboxylic acids is 1. The molecule has 0 fully saturated rings. The minimum atomic E-state index is -0.375. The van der Waals surface area contributed by atoms with Gasteiger partial charge in [0.05, 0.1) is 11.1 Å². The summed E-state index contributed by atoms with van der Waals surface area (Å²) < 4.78 is 18.4. The van der Waals surface area contributed by atoms with Crippen LogP contribution in [0.5, 0.6) is 0 Å². The van der Waals surface area contributed by atoms with E-state index in [1.54, 1.807) is 12.0 Å². The number of nitrogens with zero attached hydrogens (tertiary/aromatic N) is 1. The molecule has 0 spiro atoms. The summed E-state index contributed by atoms with van der Waals surface area (Å²) in [6.45, 7) is 4.87. The van der Waals surface area contributed by atoms with Crippen molar-refractivity contribution in [2.45, 2.75) is 19.9 Å².